The predicted molar refractivity (Wildman–Crippen MR) is 56.4 cm³/mol. The van der Waals surface area contributed by atoms with Crippen molar-refractivity contribution in [2.45, 2.75) is 0 Å². The Balaban J connectivity index is 1.90. The Bertz CT molecular complexity index is 339. The van der Waals surface area contributed by atoms with Gasteiger partial charge in [0, 0.05) is 32.3 Å². The van der Waals surface area contributed by atoms with E-state index in [0.29, 0.717) is 5.69 Å². The summed E-state index contributed by atoms with van der Waals surface area (Å²) in [6, 6.07) is 5.39. The summed E-state index contributed by atoms with van der Waals surface area (Å²) >= 11 is 0. The molecule has 77 valence electrons. The molecule has 0 spiro atoms. The number of ketones is 1. The van der Waals surface area contributed by atoms with Crippen LogP contribution in [0.3, 0.4) is 0 Å². The van der Waals surface area contributed by atoms with Gasteiger partial charge in [-0.05, 0) is 12.1 Å². The van der Waals surface area contributed by atoms with Gasteiger partial charge in [0.1, 0.15) is 5.69 Å². The van der Waals surface area contributed by atoms with Crippen molar-refractivity contribution in [3.63, 3.8) is 0 Å². The lowest BCUT2D eigenvalue weighted by molar-refractivity contribution is 0.0771. The number of nitrogens with zero attached hydrogens (tertiary/aromatic N) is 2. The molecule has 1 aliphatic rings. The van der Waals surface area contributed by atoms with Crippen LogP contribution < -0.4 is 0 Å². The van der Waals surface area contributed by atoms with Gasteiger partial charge in [-0.1, -0.05) is 6.07 Å². The van der Waals surface area contributed by atoms with E-state index in [1.807, 2.05) is 16.9 Å². The number of hydrogen-bond acceptors (Lipinski definition) is 4. The molecule has 0 unspecified atom stereocenters. The maximum Gasteiger partial charge on any atom is 0.398 e. The van der Waals surface area contributed by atoms with Gasteiger partial charge in [-0.2, -0.15) is 0 Å². The number of rotatable bonds is 4. The number of carbonyl (C=O) groups is 1. The zero-order valence-electron chi connectivity index (χ0n) is 8.59. The van der Waals surface area contributed by atoms with Gasteiger partial charge >= 0.3 is 7.62 Å². The maximum absolute atomic E-state index is 11.8. The minimum atomic E-state index is 0.0614. The van der Waals surface area contributed by atoms with Gasteiger partial charge in [0.05, 0.1) is 0 Å². The Labute approximate surface area is 89.5 Å². The second-order valence-electron chi connectivity index (χ2n) is 3.57. The fourth-order valence-electron chi connectivity index (χ4n) is 1.63. The number of carbonyl (C=O) groups excluding carboxylic acids is 1. The molecule has 15 heavy (non-hydrogen) atoms. The van der Waals surface area contributed by atoms with Gasteiger partial charge in [0.2, 0.25) is 0 Å². The summed E-state index contributed by atoms with van der Waals surface area (Å²) in [7, 11) is 3.25. The molecule has 0 amide bonds. The topological polar surface area (TPSA) is 42.4 Å². The third-order valence-corrected chi connectivity index (χ3v) is 2.45. The fourth-order valence-corrected chi connectivity index (χ4v) is 1.63. The lowest BCUT2D eigenvalue weighted by atomic mass is 9.88. The Hall–Kier alpha value is -1.20. The van der Waals surface area contributed by atoms with Gasteiger partial charge in [0.25, 0.3) is 0 Å². The molecular weight excluding hydrogens is 191 g/mol. The molecule has 5 heteroatoms. The van der Waals surface area contributed by atoms with Gasteiger partial charge in [-0.3, -0.25) is 9.78 Å². The zero-order chi connectivity index (χ0) is 10.7. The standard InChI is InChI=1S/C10H12BN2O2/c1-15-11-13-6-8(7-13)10(14)9-4-2-3-5-12-9/h2-5,8H,6-7H2,1H3. The van der Waals surface area contributed by atoms with Crippen molar-refractivity contribution in [2.75, 3.05) is 20.2 Å². The summed E-state index contributed by atoms with van der Waals surface area (Å²) in [5.74, 6) is 0.183. The first-order chi connectivity index (χ1) is 7.31. The van der Waals surface area contributed by atoms with Gasteiger partial charge < -0.3 is 9.47 Å². The van der Waals surface area contributed by atoms with E-state index in [0.717, 1.165) is 13.1 Å². The van der Waals surface area contributed by atoms with Crippen LogP contribution in [0, 0.1) is 5.92 Å². The molecule has 1 aromatic heterocycles. The maximum atomic E-state index is 11.8. The quantitative estimate of drug-likeness (QED) is 0.523. The van der Waals surface area contributed by atoms with E-state index in [4.69, 9.17) is 4.65 Å². The lowest BCUT2D eigenvalue weighted by Crippen LogP contribution is -2.52. The van der Waals surface area contributed by atoms with E-state index in [2.05, 4.69) is 4.98 Å². The summed E-state index contributed by atoms with van der Waals surface area (Å²) in [4.78, 5) is 17.8. The van der Waals surface area contributed by atoms with Gasteiger partial charge in [-0.25, -0.2) is 0 Å². The highest BCUT2D eigenvalue weighted by atomic mass is 16.4. The Morgan fingerprint density at radius 2 is 2.40 bits per heavy atom. The van der Waals surface area contributed by atoms with Gasteiger partial charge in [0.15, 0.2) is 5.78 Å². The lowest BCUT2D eigenvalue weighted by Gasteiger charge is -2.36. The molecule has 1 saturated heterocycles. The summed E-state index contributed by atoms with van der Waals surface area (Å²) in [6.07, 6.45) is 1.64. The average molecular weight is 203 g/mol. The Kier molecular flexibility index (Phi) is 3.13. The highest BCUT2D eigenvalue weighted by Crippen LogP contribution is 2.18. The summed E-state index contributed by atoms with van der Waals surface area (Å²) in [5.41, 5.74) is 0.555. The first-order valence-electron chi connectivity index (χ1n) is 4.86. The van der Waals surface area contributed by atoms with E-state index >= 15 is 0 Å². The van der Waals surface area contributed by atoms with Crippen molar-refractivity contribution in [1.29, 1.82) is 0 Å². The highest BCUT2D eigenvalue weighted by Gasteiger charge is 2.33. The van der Waals surface area contributed by atoms with Crippen LogP contribution in [-0.2, 0) is 4.65 Å². The third-order valence-electron chi connectivity index (χ3n) is 2.45. The largest absolute Gasteiger partial charge is 0.427 e. The molecule has 0 atom stereocenters. The number of aromatic nitrogens is 1. The number of hydrogen-bond donors (Lipinski definition) is 0. The van der Waals surface area contributed by atoms with Crippen molar-refractivity contribution in [3.05, 3.63) is 30.1 Å². The van der Waals surface area contributed by atoms with Crippen LogP contribution in [0.2, 0.25) is 0 Å². The van der Waals surface area contributed by atoms with Crippen LogP contribution in [0.4, 0.5) is 0 Å². The summed E-state index contributed by atoms with van der Waals surface area (Å²) < 4.78 is 4.85. The van der Waals surface area contributed by atoms with Crippen LogP contribution >= 0.6 is 0 Å². The molecule has 1 radical (unpaired) electrons. The molecule has 1 aromatic rings. The van der Waals surface area contributed by atoms with E-state index < -0.39 is 0 Å². The molecule has 0 aliphatic carbocycles. The molecular formula is C10H12BN2O2. The number of Topliss-reactive ketones (excluding diaryl/α,β-unsaturated/α-hetero) is 1. The third kappa shape index (κ3) is 2.24. The Morgan fingerprint density at radius 3 is 3.00 bits per heavy atom. The smallest absolute Gasteiger partial charge is 0.398 e. The molecule has 4 nitrogen and oxygen atoms in total. The molecule has 1 fully saturated rings. The van der Waals surface area contributed by atoms with E-state index in [1.165, 1.54) is 0 Å². The first kappa shape index (κ1) is 10.3. The van der Waals surface area contributed by atoms with E-state index in [9.17, 15) is 4.79 Å². The minimum Gasteiger partial charge on any atom is -0.427 e. The predicted octanol–water partition coefficient (Wildman–Crippen LogP) is 0.377. The molecule has 0 bridgehead atoms. The van der Waals surface area contributed by atoms with Crippen molar-refractivity contribution in [2.24, 2.45) is 5.92 Å². The van der Waals surface area contributed by atoms with Crippen LogP contribution in [-0.4, -0.2) is 43.4 Å². The normalized spacial score (nSPS) is 17.1. The Morgan fingerprint density at radius 1 is 1.60 bits per heavy atom. The molecule has 1 aliphatic heterocycles. The monoisotopic (exact) mass is 203 g/mol. The van der Waals surface area contributed by atoms with Crippen LogP contribution in [0.5, 0.6) is 0 Å². The van der Waals surface area contributed by atoms with Gasteiger partial charge in [-0.15, -0.1) is 0 Å². The second kappa shape index (κ2) is 4.55. The SMILES string of the molecule is CO[B]N1CC(C(=O)c2ccccn2)C1. The minimum absolute atomic E-state index is 0.0614. The molecule has 0 saturated carbocycles. The zero-order valence-corrected chi connectivity index (χ0v) is 8.59. The van der Waals surface area contributed by atoms with E-state index in [-0.39, 0.29) is 11.7 Å². The van der Waals surface area contributed by atoms with Crippen LogP contribution in [0.15, 0.2) is 24.4 Å². The first-order valence-corrected chi connectivity index (χ1v) is 4.86. The van der Waals surface area contributed by atoms with Crippen molar-refractivity contribution < 1.29 is 9.45 Å². The van der Waals surface area contributed by atoms with Crippen molar-refractivity contribution in [3.8, 4) is 0 Å². The highest BCUT2D eigenvalue weighted by molar-refractivity contribution is 6.24. The molecule has 0 aromatic carbocycles. The fraction of sp³-hybridized carbons (Fsp3) is 0.400. The summed E-state index contributed by atoms with van der Waals surface area (Å²) in [6.45, 7) is 1.45. The molecule has 0 N–H and O–H groups in total. The average Bonchev–Trinajstić information content (AvgIpc) is 2.23. The molecule has 2 rings (SSSR count). The van der Waals surface area contributed by atoms with Crippen LogP contribution in [0.1, 0.15) is 10.5 Å². The van der Waals surface area contributed by atoms with Crippen molar-refractivity contribution in [1.82, 2.24) is 9.79 Å². The second-order valence-corrected chi connectivity index (χ2v) is 3.57. The summed E-state index contributed by atoms with van der Waals surface area (Å²) in [5, 5.41) is 0. The van der Waals surface area contributed by atoms with Crippen molar-refractivity contribution >= 4 is 13.4 Å². The molecule has 2 heterocycles. The van der Waals surface area contributed by atoms with E-state index in [1.54, 1.807) is 27.0 Å². The number of pyridine rings is 1. The van der Waals surface area contributed by atoms with Crippen LogP contribution in [0.25, 0.3) is 0 Å².